The van der Waals surface area contributed by atoms with E-state index in [0.29, 0.717) is 12.4 Å². The highest BCUT2D eigenvalue weighted by Gasteiger charge is 2.23. The third kappa shape index (κ3) is 5.38. The Morgan fingerprint density at radius 1 is 1.09 bits per heavy atom. The zero-order valence-corrected chi connectivity index (χ0v) is 18.6. The number of rotatable bonds is 9. The first-order valence-corrected chi connectivity index (χ1v) is 10.8. The summed E-state index contributed by atoms with van der Waals surface area (Å²) in [6.07, 6.45) is 1.65. The van der Waals surface area contributed by atoms with Gasteiger partial charge >= 0.3 is 0 Å². The van der Waals surface area contributed by atoms with Crippen LogP contribution in [0.2, 0.25) is 0 Å². The summed E-state index contributed by atoms with van der Waals surface area (Å²) in [6.45, 7) is 2.29. The molecule has 7 heteroatoms. The molecule has 1 N–H and O–H groups in total. The molecule has 1 amide bonds. The Hall–Kier alpha value is -3.71. The van der Waals surface area contributed by atoms with Crippen molar-refractivity contribution in [1.29, 1.82) is 0 Å². The number of fused-ring (bicyclic) bond motifs is 1. The van der Waals surface area contributed by atoms with Gasteiger partial charge in [0.25, 0.3) is 0 Å². The van der Waals surface area contributed by atoms with E-state index in [1.165, 1.54) is 12.1 Å². The number of ether oxygens (including phenoxy) is 2. The Morgan fingerprint density at radius 2 is 1.85 bits per heavy atom. The van der Waals surface area contributed by atoms with E-state index in [2.05, 4.69) is 10.4 Å². The normalized spacial score (nSPS) is 12.9. The molecule has 0 fully saturated rings. The Labute approximate surface area is 191 Å². The molecule has 0 spiro atoms. The number of methoxy groups -OCH3 is 1. The minimum atomic E-state index is -0.387. The molecule has 33 heavy (non-hydrogen) atoms. The minimum Gasteiger partial charge on any atom is -0.484 e. The van der Waals surface area contributed by atoms with Crippen LogP contribution in [0.15, 0.2) is 79.0 Å². The predicted molar refractivity (Wildman–Crippen MR) is 125 cm³/mol. The maximum absolute atomic E-state index is 13.3. The van der Waals surface area contributed by atoms with Gasteiger partial charge in [0.15, 0.2) is 0 Å². The summed E-state index contributed by atoms with van der Waals surface area (Å²) >= 11 is 0. The highest BCUT2D eigenvalue weighted by Crippen LogP contribution is 2.29. The number of hydrogen-bond donors (Lipinski definition) is 1. The fourth-order valence-corrected chi connectivity index (χ4v) is 3.72. The van der Waals surface area contributed by atoms with Gasteiger partial charge in [-0.05, 0) is 55.0 Å². The van der Waals surface area contributed by atoms with Gasteiger partial charge in [0.2, 0.25) is 5.91 Å². The summed E-state index contributed by atoms with van der Waals surface area (Å²) in [5, 5.41) is 8.35. The van der Waals surface area contributed by atoms with Crippen molar-refractivity contribution in [3.8, 4) is 11.4 Å². The summed E-state index contributed by atoms with van der Waals surface area (Å²) in [6, 6.07) is 21.4. The smallest absolute Gasteiger partial charge is 0.222 e. The Morgan fingerprint density at radius 3 is 2.58 bits per heavy atom. The molecule has 0 saturated heterocycles. The topological polar surface area (TPSA) is 65.4 Å². The van der Waals surface area contributed by atoms with Gasteiger partial charge in [-0.2, -0.15) is 5.10 Å². The van der Waals surface area contributed by atoms with Crippen molar-refractivity contribution in [3.05, 3.63) is 90.4 Å². The molecule has 6 nitrogen and oxygen atoms in total. The summed E-state index contributed by atoms with van der Waals surface area (Å²) in [5.74, 6) is 0.277. The predicted octanol–water partition coefficient (Wildman–Crippen LogP) is 4.83. The number of carbonyl (C=O) groups is 1. The fraction of sp³-hybridized carbons (Fsp3) is 0.231. The van der Waals surface area contributed by atoms with Crippen LogP contribution in [0, 0.1) is 5.82 Å². The lowest BCUT2D eigenvalue weighted by molar-refractivity contribution is -0.123. The molecule has 0 aliphatic rings. The van der Waals surface area contributed by atoms with Crippen LogP contribution in [0.25, 0.3) is 16.6 Å². The second-order valence-corrected chi connectivity index (χ2v) is 7.80. The third-order valence-corrected chi connectivity index (χ3v) is 5.38. The van der Waals surface area contributed by atoms with Gasteiger partial charge < -0.3 is 14.8 Å². The number of aromatic nitrogens is 2. The van der Waals surface area contributed by atoms with E-state index in [-0.39, 0.29) is 30.3 Å². The molecule has 1 aromatic heterocycles. The maximum Gasteiger partial charge on any atom is 0.222 e. The molecule has 0 radical (unpaired) electrons. The summed E-state index contributed by atoms with van der Waals surface area (Å²) in [4.78, 5) is 12.3. The van der Waals surface area contributed by atoms with Gasteiger partial charge in [-0.1, -0.05) is 30.3 Å². The monoisotopic (exact) mass is 447 g/mol. The van der Waals surface area contributed by atoms with Gasteiger partial charge in [-0.25, -0.2) is 9.07 Å². The summed E-state index contributed by atoms with van der Waals surface area (Å²) in [7, 11) is 1.57. The third-order valence-electron chi connectivity index (χ3n) is 5.38. The lowest BCUT2D eigenvalue weighted by atomic mass is 10.0. The van der Waals surface area contributed by atoms with E-state index in [1.54, 1.807) is 30.1 Å². The lowest BCUT2D eigenvalue weighted by Gasteiger charge is -2.26. The molecule has 4 aromatic rings. The number of amides is 1. The first kappa shape index (κ1) is 22.5. The van der Waals surface area contributed by atoms with Crippen LogP contribution in [0.3, 0.4) is 0 Å². The number of hydrogen-bond acceptors (Lipinski definition) is 4. The van der Waals surface area contributed by atoms with Crippen molar-refractivity contribution in [2.45, 2.75) is 25.5 Å². The van der Waals surface area contributed by atoms with E-state index in [0.717, 1.165) is 22.2 Å². The van der Waals surface area contributed by atoms with E-state index >= 15 is 0 Å². The highest BCUT2D eigenvalue weighted by atomic mass is 19.1. The van der Waals surface area contributed by atoms with Crippen molar-refractivity contribution in [2.75, 3.05) is 13.7 Å². The molecular weight excluding hydrogens is 421 g/mol. The molecule has 2 atom stereocenters. The number of nitrogens with one attached hydrogen (secondary N) is 1. The van der Waals surface area contributed by atoms with Crippen LogP contribution in [0.4, 0.5) is 4.39 Å². The van der Waals surface area contributed by atoms with Gasteiger partial charge in [0, 0.05) is 18.9 Å². The van der Waals surface area contributed by atoms with Crippen LogP contribution >= 0.6 is 0 Å². The molecule has 0 aliphatic carbocycles. The van der Waals surface area contributed by atoms with Gasteiger partial charge in [-0.15, -0.1) is 0 Å². The molecule has 0 bridgehead atoms. The van der Waals surface area contributed by atoms with Crippen LogP contribution < -0.4 is 10.1 Å². The highest BCUT2D eigenvalue weighted by molar-refractivity contribution is 5.81. The summed E-state index contributed by atoms with van der Waals surface area (Å²) < 4.78 is 26.4. The zero-order chi connectivity index (χ0) is 23.2. The van der Waals surface area contributed by atoms with Crippen molar-refractivity contribution < 1.29 is 18.7 Å². The standard InChI is InChI=1S/C26H26FN3O3/c1-18(29-25(31)14-15-32-2)26(19-6-4-3-5-7-19)33-23-12-13-24-20(16-23)17-28-30(24)22-10-8-21(27)9-11-22/h3-13,16-18,26H,14-15H2,1-2H3,(H,29,31). The molecule has 0 saturated carbocycles. The minimum absolute atomic E-state index is 0.0927. The average Bonchev–Trinajstić information content (AvgIpc) is 3.25. The van der Waals surface area contributed by atoms with E-state index in [9.17, 15) is 9.18 Å². The Balaban J connectivity index is 1.58. The lowest BCUT2D eigenvalue weighted by Crippen LogP contribution is -2.39. The SMILES string of the molecule is COCCC(=O)NC(C)C(Oc1ccc2c(cnn2-c2ccc(F)cc2)c1)c1ccccc1. The molecule has 2 unspecified atom stereocenters. The number of halogens is 1. The van der Waals surface area contributed by atoms with E-state index in [4.69, 9.17) is 9.47 Å². The van der Waals surface area contributed by atoms with Crippen LogP contribution in [-0.4, -0.2) is 35.4 Å². The second kappa shape index (κ2) is 10.3. The van der Waals surface area contributed by atoms with Crippen LogP contribution in [0.1, 0.15) is 25.0 Å². The van der Waals surface area contributed by atoms with Crippen LogP contribution in [-0.2, 0) is 9.53 Å². The summed E-state index contributed by atoms with van der Waals surface area (Å²) in [5.41, 5.74) is 2.61. The van der Waals surface area contributed by atoms with Crippen molar-refractivity contribution >= 4 is 16.8 Å². The molecule has 0 aliphatic heterocycles. The fourth-order valence-electron chi connectivity index (χ4n) is 3.72. The second-order valence-electron chi connectivity index (χ2n) is 7.80. The van der Waals surface area contributed by atoms with Crippen LogP contribution in [0.5, 0.6) is 5.75 Å². The van der Waals surface area contributed by atoms with Gasteiger partial charge in [0.1, 0.15) is 17.7 Å². The Bertz CT molecular complexity index is 1210. The molecular formula is C26H26FN3O3. The largest absolute Gasteiger partial charge is 0.484 e. The number of benzene rings is 3. The molecule has 3 aromatic carbocycles. The first-order chi connectivity index (χ1) is 16.0. The van der Waals surface area contributed by atoms with Crippen molar-refractivity contribution in [2.24, 2.45) is 0 Å². The molecule has 4 rings (SSSR count). The van der Waals surface area contributed by atoms with E-state index in [1.807, 2.05) is 55.5 Å². The Kier molecular flexibility index (Phi) is 7.00. The van der Waals surface area contributed by atoms with Crippen molar-refractivity contribution in [3.63, 3.8) is 0 Å². The van der Waals surface area contributed by atoms with Gasteiger partial charge in [0.05, 0.1) is 30.0 Å². The number of nitrogens with zero attached hydrogens (tertiary/aromatic N) is 2. The maximum atomic E-state index is 13.3. The van der Waals surface area contributed by atoms with Crippen molar-refractivity contribution in [1.82, 2.24) is 15.1 Å². The van der Waals surface area contributed by atoms with E-state index < -0.39 is 0 Å². The molecule has 1 heterocycles. The molecule has 170 valence electrons. The number of carbonyl (C=O) groups excluding carboxylic acids is 1. The average molecular weight is 448 g/mol. The first-order valence-electron chi connectivity index (χ1n) is 10.8. The zero-order valence-electron chi connectivity index (χ0n) is 18.6. The van der Waals surface area contributed by atoms with Gasteiger partial charge in [-0.3, -0.25) is 4.79 Å². The quantitative estimate of drug-likeness (QED) is 0.399.